The summed E-state index contributed by atoms with van der Waals surface area (Å²) in [5, 5.41) is 0. The third-order valence-corrected chi connectivity index (χ3v) is 3.51. The summed E-state index contributed by atoms with van der Waals surface area (Å²) in [5.74, 6) is 0.00306. The molecule has 2 heterocycles. The highest BCUT2D eigenvalue weighted by Crippen LogP contribution is 2.16. The molecule has 2 N–H and O–H groups in total. The smallest absolute Gasteiger partial charge is 0.274 e. The van der Waals surface area contributed by atoms with E-state index in [0.717, 1.165) is 31.6 Å². The summed E-state index contributed by atoms with van der Waals surface area (Å²) in [6, 6.07) is 2.87. The Kier molecular flexibility index (Phi) is 3.41. The van der Waals surface area contributed by atoms with Crippen LogP contribution in [0.2, 0.25) is 0 Å². The average molecular weight is 249 g/mol. The average Bonchev–Trinajstić information content (AvgIpc) is 2.87. The van der Waals surface area contributed by atoms with Gasteiger partial charge < -0.3 is 10.6 Å². The second-order valence-corrected chi connectivity index (χ2v) is 4.81. The van der Waals surface area contributed by atoms with Crippen molar-refractivity contribution < 1.29 is 4.79 Å². The minimum atomic E-state index is -0.487. The van der Waals surface area contributed by atoms with Gasteiger partial charge in [0, 0.05) is 18.8 Å². The van der Waals surface area contributed by atoms with Crippen molar-refractivity contribution >= 4 is 11.6 Å². The second-order valence-electron chi connectivity index (χ2n) is 4.81. The molecule has 0 unspecified atom stereocenters. The molecule has 1 aromatic heterocycles. The minimum absolute atomic E-state index is 0.00306. The van der Waals surface area contributed by atoms with Crippen LogP contribution in [-0.2, 0) is 4.79 Å². The van der Waals surface area contributed by atoms with Crippen LogP contribution in [-0.4, -0.2) is 28.5 Å². The molecule has 98 valence electrons. The zero-order valence-corrected chi connectivity index (χ0v) is 10.8. The van der Waals surface area contributed by atoms with Gasteiger partial charge in [-0.25, -0.2) is 0 Å². The Morgan fingerprint density at radius 2 is 1.94 bits per heavy atom. The summed E-state index contributed by atoms with van der Waals surface area (Å²) in [7, 11) is 0. The molecule has 1 saturated heterocycles. The zero-order valence-electron chi connectivity index (χ0n) is 10.8. The van der Waals surface area contributed by atoms with Crippen molar-refractivity contribution in [2.24, 2.45) is 0 Å². The number of nitrogen functional groups attached to an aromatic ring is 1. The molecule has 1 atom stereocenters. The quantitative estimate of drug-likeness (QED) is 0.847. The number of carbonyl (C=O) groups excluding carboxylic acids is 1. The molecule has 1 aromatic rings. The van der Waals surface area contributed by atoms with Crippen molar-refractivity contribution in [3.63, 3.8) is 0 Å². The highest BCUT2D eigenvalue weighted by atomic mass is 16.2. The number of nitrogens with zero attached hydrogens (tertiary/aromatic N) is 2. The van der Waals surface area contributed by atoms with Crippen LogP contribution < -0.4 is 11.3 Å². The van der Waals surface area contributed by atoms with Crippen LogP contribution >= 0.6 is 0 Å². The number of hydrogen-bond acceptors (Lipinski definition) is 3. The van der Waals surface area contributed by atoms with Crippen molar-refractivity contribution in [3.05, 3.63) is 28.2 Å². The lowest BCUT2D eigenvalue weighted by Crippen LogP contribution is -2.39. The van der Waals surface area contributed by atoms with Gasteiger partial charge in [0.1, 0.15) is 6.04 Å². The molecule has 2 rings (SSSR count). The van der Waals surface area contributed by atoms with E-state index in [-0.39, 0.29) is 17.2 Å². The molecule has 0 aromatic carbocycles. The lowest BCUT2D eigenvalue weighted by atomic mass is 10.2. The van der Waals surface area contributed by atoms with E-state index < -0.39 is 6.04 Å². The topological polar surface area (TPSA) is 68.3 Å². The molecule has 0 spiro atoms. The lowest BCUT2D eigenvalue weighted by Gasteiger charge is -2.23. The van der Waals surface area contributed by atoms with E-state index in [1.54, 1.807) is 19.1 Å². The maximum Gasteiger partial charge on any atom is 0.274 e. The van der Waals surface area contributed by atoms with Crippen molar-refractivity contribution in [3.8, 4) is 0 Å². The van der Waals surface area contributed by atoms with Gasteiger partial charge in [0.2, 0.25) is 5.91 Å². The molecule has 0 radical (unpaired) electrons. The molecular formula is C13H19N3O2. The first-order valence-corrected chi connectivity index (χ1v) is 6.29. The number of pyridine rings is 1. The minimum Gasteiger partial charge on any atom is -0.394 e. The van der Waals surface area contributed by atoms with Crippen LogP contribution in [0.1, 0.15) is 31.5 Å². The predicted molar refractivity (Wildman–Crippen MR) is 70.4 cm³/mol. The molecule has 5 nitrogen and oxygen atoms in total. The summed E-state index contributed by atoms with van der Waals surface area (Å²) in [4.78, 5) is 26.1. The largest absolute Gasteiger partial charge is 0.394 e. The van der Waals surface area contributed by atoms with E-state index in [2.05, 4.69) is 0 Å². The van der Waals surface area contributed by atoms with Crippen LogP contribution in [0.5, 0.6) is 0 Å². The Morgan fingerprint density at radius 3 is 2.56 bits per heavy atom. The predicted octanol–water partition coefficient (Wildman–Crippen LogP) is 0.922. The Balaban J connectivity index is 2.33. The second kappa shape index (κ2) is 4.84. The molecule has 1 amide bonds. The molecule has 5 heteroatoms. The first-order chi connectivity index (χ1) is 8.52. The fourth-order valence-corrected chi connectivity index (χ4v) is 2.45. The molecule has 0 aliphatic carbocycles. The first-order valence-electron chi connectivity index (χ1n) is 6.29. The number of rotatable bonds is 2. The van der Waals surface area contributed by atoms with Gasteiger partial charge in [-0.15, -0.1) is 0 Å². The SMILES string of the molecule is Cc1ccc(N)c(=O)n1[C@@H](C)C(=O)N1CCCC1. The van der Waals surface area contributed by atoms with Gasteiger partial charge in [-0.2, -0.15) is 0 Å². The molecule has 0 saturated carbocycles. The van der Waals surface area contributed by atoms with Crippen LogP contribution in [0.4, 0.5) is 5.69 Å². The number of anilines is 1. The maximum atomic E-state index is 12.3. The van der Waals surface area contributed by atoms with Gasteiger partial charge in [0.15, 0.2) is 0 Å². The van der Waals surface area contributed by atoms with Crippen molar-refractivity contribution in [1.29, 1.82) is 0 Å². The monoisotopic (exact) mass is 249 g/mol. The highest BCUT2D eigenvalue weighted by molar-refractivity contribution is 5.80. The summed E-state index contributed by atoms with van der Waals surface area (Å²) in [6.07, 6.45) is 2.09. The summed E-state index contributed by atoms with van der Waals surface area (Å²) < 4.78 is 1.48. The molecule has 1 aliphatic heterocycles. The number of aromatic nitrogens is 1. The van der Waals surface area contributed by atoms with Gasteiger partial charge in [-0.1, -0.05) is 0 Å². The van der Waals surface area contributed by atoms with E-state index in [0.29, 0.717) is 0 Å². The normalized spacial score (nSPS) is 16.9. The summed E-state index contributed by atoms with van der Waals surface area (Å²) in [6.45, 7) is 5.15. The zero-order chi connectivity index (χ0) is 13.3. The molecule has 1 aliphatic rings. The third kappa shape index (κ3) is 2.12. The van der Waals surface area contributed by atoms with E-state index in [4.69, 9.17) is 5.73 Å². The van der Waals surface area contributed by atoms with E-state index in [1.165, 1.54) is 4.57 Å². The van der Waals surface area contributed by atoms with E-state index >= 15 is 0 Å². The van der Waals surface area contributed by atoms with Gasteiger partial charge in [0.25, 0.3) is 5.56 Å². The number of carbonyl (C=O) groups is 1. The van der Waals surface area contributed by atoms with Gasteiger partial charge in [0.05, 0.1) is 5.69 Å². The van der Waals surface area contributed by atoms with Crippen molar-refractivity contribution in [1.82, 2.24) is 9.47 Å². The van der Waals surface area contributed by atoms with E-state index in [1.807, 2.05) is 11.8 Å². The molecular weight excluding hydrogens is 230 g/mol. The van der Waals surface area contributed by atoms with Gasteiger partial charge >= 0.3 is 0 Å². The standard InChI is InChI=1S/C13H19N3O2/c1-9-5-6-11(14)13(18)16(9)10(2)12(17)15-7-3-4-8-15/h5-6,10H,3-4,7-8,14H2,1-2H3/t10-/m0/s1. The fourth-order valence-electron chi connectivity index (χ4n) is 2.45. The summed E-state index contributed by atoms with van der Waals surface area (Å²) in [5.41, 5.74) is 6.28. The number of aryl methyl sites for hydroxylation is 1. The van der Waals surface area contributed by atoms with Crippen molar-refractivity contribution in [2.45, 2.75) is 32.7 Å². The lowest BCUT2D eigenvalue weighted by molar-refractivity contribution is -0.133. The Labute approximate surface area is 106 Å². The number of nitrogens with two attached hydrogens (primary N) is 1. The Hall–Kier alpha value is -1.78. The van der Waals surface area contributed by atoms with Crippen LogP contribution in [0.25, 0.3) is 0 Å². The van der Waals surface area contributed by atoms with Gasteiger partial charge in [-0.05, 0) is 38.8 Å². The van der Waals surface area contributed by atoms with Crippen LogP contribution in [0.3, 0.4) is 0 Å². The van der Waals surface area contributed by atoms with E-state index in [9.17, 15) is 9.59 Å². The van der Waals surface area contributed by atoms with Crippen molar-refractivity contribution in [2.75, 3.05) is 18.8 Å². The number of hydrogen-bond donors (Lipinski definition) is 1. The maximum absolute atomic E-state index is 12.3. The molecule has 1 fully saturated rings. The number of likely N-dealkylation sites (tertiary alicyclic amines) is 1. The molecule has 0 bridgehead atoms. The van der Waals surface area contributed by atoms with Crippen LogP contribution in [0, 0.1) is 6.92 Å². The van der Waals surface area contributed by atoms with Gasteiger partial charge in [-0.3, -0.25) is 14.2 Å². The highest BCUT2D eigenvalue weighted by Gasteiger charge is 2.25. The Morgan fingerprint density at radius 1 is 1.33 bits per heavy atom. The number of amides is 1. The van der Waals surface area contributed by atoms with Crippen LogP contribution in [0.15, 0.2) is 16.9 Å². The Bertz CT molecular complexity index is 515. The summed E-state index contributed by atoms with van der Waals surface area (Å²) >= 11 is 0. The third-order valence-electron chi connectivity index (χ3n) is 3.51. The first kappa shape index (κ1) is 12.7. The molecule has 18 heavy (non-hydrogen) atoms. The fraction of sp³-hybridized carbons (Fsp3) is 0.538.